The summed E-state index contributed by atoms with van der Waals surface area (Å²) in [5.41, 5.74) is 2.42. The Morgan fingerprint density at radius 2 is 2.15 bits per heavy atom. The van der Waals surface area contributed by atoms with E-state index in [0.717, 1.165) is 23.0 Å². The van der Waals surface area contributed by atoms with Crippen molar-refractivity contribution in [3.63, 3.8) is 0 Å². The van der Waals surface area contributed by atoms with E-state index >= 15 is 0 Å². The molecule has 0 saturated heterocycles. The summed E-state index contributed by atoms with van der Waals surface area (Å²) in [6.45, 7) is 0.752. The van der Waals surface area contributed by atoms with E-state index in [9.17, 15) is 4.79 Å². The first-order valence-electron chi connectivity index (χ1n) is 4.30. The van der Waals surface area contributed by atoms with E-state index in [4.69, 9.17) is 0 Å². The molecule has 13 heavy (non-hydrogen) atoms. The number of halogens is 1. The lowest BCUT2D eigenvalue weighted by Crippen LogP contribution is -2.24. The fraction of sp³-hybridized carbons (Fsp3) is 0.300. The summed E-state index contributed by atoms with van der Waals surface area (Å²) >= 11 is 3.43. The monoisotopic (exact) mass is 239 g/mol. The maximum atomic E-state index is 11.2. The molecule has 1 aliphatic heterocycles. The van der Waals surface area contributed by atoms with Crippen LogP contribution in [0.5, 0.6) is 0 Å². The van der Waals surface area contributed by atoms with Crippen LogP contribution in [0.3, 0.4) is 0 Å². The molecule has 0 atom stereocenters. The third-order valence-corrected chi connectivity index (χ3v) is 2.73. The Bertz CT molecular complexity index is 349. The van der Waals surface area contributed by atoms with Crippen molar-refractivity contribution in [2.75, 3.05) is 6.54 Å². The predicted molar refractivity (Wildman–Crippen MR) is 54.6 cm³/mol. The topological polar surface area (TPSA) is 29.1 Å². The van der Waals surface area contributed by atoms with Crippen molar-refractivity contribution >= 4 is 21.8 Å². The summed E-state index contributed by atoms with van der Waals surface area (Å²) in [4.78, 5) is 11.2. The molecule has 0 fully saturated rings. The lowest BCUT2D eigenvalue weighted by atomic mass is 10.0. The molecule has 1 amide bonds. The number of carbonyl (C=O) groups excluding carboxylic acids is 1. The minimum absolute atomic E-state index is 0.126. The van der Waals surface area contributed by atoms with Gasteiger partial charge in [0.15, 0.2) is 0 Å². The van der Waals surface area contributed by atoms with Crippen LogP contribution in [-0.4, -0.2) is 12.5 Å². The van der Waals surface area contributed by atoms with E-state index in [0.29, 0.717) is 6.42 Å². The molecule has 1 heterocycles. The maximum absolute atomic E-state index is 11.2. The number of hydrogen-bond acceptors (Lipinski definition) is 1. The summed E-state index contributed by atoms with van der Waals surface area (Å²) in [6, 6.07) is 6.09. The first-order valence-corrected chi connectivity index (χ1v) is 5.09. The number of amides is 1. The van der Waals surface area contributed by atoms with Crippen LogP contribution in [0.25, 0.3) is 0 Å². The van der Waals surface area contributed by atoms with Gasteiger partial charge >= 0.3 is 0 Å². The Labute approximate surface area is 85.5 Å². The number of nitrogens with one attached hydrogen (secondary N) is 1. The van der Waals surface area contributed by atoms with E-state index in [1.54, 1.807) is 0 Å². The summed E-state index contributed by atoms with van der Waals surface area (Å²) in [6.07, 6.45) is 1.45. The van der Waals surface area contributed by atoms with E-state index < -0.39 is 0 Å². The predicted octanol–water partition coefficient (Wildman–Crippen LogP) is 1.66. The molecule has 0 spiro atoms. The first-order chi connectivity index (χ1) is 6.25. The van der Waals surface area contributed by atoms with Gasteiger partial charge in [-0.25, -0.2) is 0 Å². The molecular formula is C10H10BrNO. The SMILES string of the molecule is O=C1Cc2ccc(Br)cc2CCN1. The molecule has 0 saturated carbocycles. The van der Waals surface area contributed by atoms with Crippen molar-refractivity contribution in [2.24, 2.45) is 0 Å². The number of carbonyl (C=O) groups is 1. The van der Waals surface area contributed by atoms with Gasteiger partial charge in [-0.15, -0.1) is 0 Å². The van der Waals surface area contributed by atoms with Gasteiger partial charge in [0.25, 0.3) is 0 Å². The average Bonchev–Trinajstić information content (AvgIpc) is 2.25. The van der Waals surface area contributed by atoms with Crippen molar-refractivity contribution in [2.45, 2.75) is 12.8 Å². The Morgan fingerprint density at radius 3 is 3.00 bits per heavy atom. The summed E-state index contributed by atoms with van der Waals surface area (Å²) in [5.74, 6) is 0.126. The second kappa shape index (κ2) is 3.50. The van der Waals surface area contributed by atoms with Gasteiger partial charge in [0, 0.05) is 11.0 Å². The Morgan fingerprint density at radius 1 is 1.31 bits per heavy atom. The van der Waals surface area contributed by atoms with Gasteiger partial charge in [-0.1, -0.05) is 22.0 Å². The van der Waals surface area contributed by atoms with Crippen LogP contribution in [-0.2, 0) is 17.6 Å². The molecule has 0 bridgehead atoms. The van der Waals surface area contributed by atoms with E-state index in [2.05, 4.69) is 27.3 Å². The molecule has 1 N–H and O–H groups in total. The second-order valence-corrected chi connectivity index (χ2v) is 4.11. The molecule has 0 radical (unpaired) electrons. The quantitative estimate of drug-likeness (QED) is 0.734. The molecule has 0 aliphatic carbocycles. The molecule has 2 nitrogen and oxygen atoms in total. The molecule has 1 aliphatic rings. The summed E-state index contributed by atoms with van der Waals surface area (Å²) < 4.78 is 1.08. The van der Waals surface area contributed by atoms with Gasteiger partial charge in [-0.05, 0) is 29.7 Å². The van der Waals surface area contributed by atoms with Gasteiger partial charge in [-0.3, -0.25) is 4.79 Å². The van der Waals surface area contributed by atoms with Crippen LogP contribution in [0.2, 0.25) is 0 Å². The zero-order valence-electron chi connectivity index (χ0n) is 7.14. The van der Waals surface area contributed by atoms with E-state index in [1.165, 1.54) is 5.56 Å². The molecular weight excluding hydrogens is 230 g/mol. The van der Waals surface area contributed by atoms with Crippen molar-refractivity contribution in [1.29, 1.82) is 0 Å². The Hall–Kier alpha value is -0.830. The van der Waals surface area contributed by atoms with Crippen molar-refractivity contribution in [3.05, 3.63) is 33.8 Å². The molecule has 1 aromatic rings. The molecule has 3 heteroatoms. The summed E-state index contributed by atoms with van der Waals surface area (Å²) in [7, 11) is 0. The van der Waals surface area contributed by atoms with Crippen LogP contribution in [0, 0.1) is 0 Å². The van der Waals surface area contributed by atoms with Crippen LogP contribution >= 0.6 is 15.9 Å². The number of hydrogen-bond donors (Lipinski definition) is 1. The second-order valence-electron chi connectivity index (χ2n) is 3.19. The number of benzene rings is 1. The molecule has 68 valence electrons. The van der Waals surface area contributed by atoms with Crippen LogP contribution < -0.4 is 5.32 Å². The summed E-state index contributed by atoms with van der Waals surface area (Å²) in [5, 5.41) is 2.86. The highest BCUT2D eigenvalue weighted by Gasteiger charge is 2.12. The van der Waals surface area contributed by atoms with Crippen molar-refractivity contribution in [3.8, 4) is 0 Å². The standard InChI is InChI=1S/C10H10BrNO/c11-9-2-1-7-6-10(13)12-4-3-8(7)5-9/h1-2,5H,3-4,6H2,(H,12,13). The number of fused-ring (bicyclic) bond motifs is 1. The van der Waals surface area contributed by atoms with E-state index in [-0.39, 0.29) is 5.91 Å². The fourth-order valence-corrected chi connectivity index (χ4v) is 1.98. The third-order valence-electron chi connectivity index (χ3n) is 2.24. The van der Waals surface area contributed by atoms with Gasteiger partial charge < -0.3 is 5.32 Å². The van der Waals surface area contributed by atoms with Gasteiger partial charge in [0.05, 0.1) is 6.42 Å². The van der Waals surface area contributed by atoms with Gasteiger partial charge in [-0.2, -0.15) is 0 Å². The third kappa shape index (κ3) is 1.91. The number of rotatable bonds is 0. The van der Waals surface area contributed by atoms with Crippen molar-refractivity contribution < 1.29 is 4.79 Å². The zero-order chi connectivity index (χ0) is 9.26. The molecule has 0 unspecified atom stereocenters. The van der Waals surface area contributed by atoms with Crippen LogP contribution in [0.1, 0.15) is 11.1 Å². The lowest BCUT2D eigenvalue weighted by Gasteiger charge is -2.03. The lowest BCUT2D eigenvalue weighted by molar-refractivity contribution is -0.120. The minimum Gasteiger partial charge on any atom is -0.355 e. The highest BCUT2D eigenvalue weighted by atomic mass is 79.9. The normalized spacial score (nSPS) is 15.9. The van der Waals surface area contributed by atoms with Gasteiger partial charge in [0.1, 0.15) is 0 Å². The highest BCUT2D eigenvalue weighted by Crippen LogP contribution is 2.18. The van der Waals surface area contributed by atoms with Crippen LogP contribution in [0.15, 0.2) is 22.7 Å². The average molecular weight is 240 g/mol. The van der Waals surface area contributed by atoms with Crippen molar-refractivity contribution in [1.82, 2.24) is 5.32 Å². The van der Waals surface area contributed by atoms with Crippen LogP contribution in [0.4, 0.5) is 0 Å². The molecule has 2 rings (SSSR count). The Kier molecular flexibility index (Phi) is 2.36. The van der Waals surface area contributed by atoms with Gasteiger partial charge in [0.2, 0.25) is 5.91 Å². The highest BCUT2D eigenvalue weighted by molar-refractivity contribution is 9.10. The molecule has 0 aromatic heterocycles. The Balaban J connectivity index is 2.40. The minimum atomic E-state index is 0.126. The smallest absolute Gasteiger partial charge is 0.224 e. The first kappa shape index (κ1) is 8.75. The zero-order valence-corrected chi connectivity index (χ0v) is 8.73. The molecule has 1 aromatic carbocycles. The fourth-order valence-electron chi connectivity index (χ4n) is 1.57. The largest absolute Gasteiger partial charge is 0.355 e. The van der Waals surface area contributed by atoms with E-state index in [1.807, 2.05) is 12.1 Å². The maximum Gasteiger partial charge on any atom is 0.224 e.